The Labute approximate surface area is 209 Å². The van der Waals surface area contributed by atoms with Gasteiger partial charge in [0, 0.05) is 12.5 Å². The molecular weight excluding hydrogens is 454 g/mol. The first kappa shape index (κ1) is 23.5. The average Bonchev–Trinajstić information content (AvgIpc) is 3.64. The number of carbonyl (C=O) groups is 2. The lowest BCUT2D eigenvalue weighted by atomic mass is 9.93. The number of ether oxygens (including phenoxy) is 1. The van der Waals surface area contributed by atoms with Crippen molar-refractivity contribution >= 4 is 23.3 Å². The van der Waals surface area contributed by atoms with Crippen LogP contribution in [0.1, 0.15) is 48.4 Å². The van der Waals surface area contributed by atoms with Gasteiger partial charge in [-0.25, -0.2) is 4.98 Å². The third-order valence-electron chi connectivity index (χ3n) is 6.56. The van der Waals surface area contributed by atoms with Crippen LogP contribution in [0.25, 0.3) is 22.5 Å². The maximum atomic E-state index is 12.4. The summed E-state index contributed by atoms with van der Waals surface area (Å²) in [7, 11) is 0. The minimum atomic E-state index is -0.468. The Balaban J connectivity index is 1.36. The van der Waals surface area contributed by atoms with Crippen molar-refractivity contribution in [2.24, 2.45) is 0 Å². The molecule has 2 aromatic carbocycles. The van der Waals surface area contributed by atoms with Crippen molar-refractivity contribution < 1.29 is 18.8 Å². The van der Waals surface area contributed by atoms with Crippen LogP contribution >= 0.6 is 0 Å². The second-order valence-electron chi connectivity index (χ2n) is 9.02. The minimum absolute atomic E-state index is 0.0993. The molecular formula is C29H27N3O4. The minimum Gasteiger partial charge on any atom is -0.465 e. The zero-order valence-corrected chi connectivity index (χ0v) is 20.5. The van der Waals surface area contributed by atoms with E-state index >= 15 is 0 Å². The molecule has 0 bridgehead atoms. The molecule has 4 aromatic rings. The van der Waals surface area contributed by atoms with Crippen LogP contribution < -0.4 is 5.32 Å². The average molecular weight is 482 g/mol. The van der Waals surface area contributed by atoms with E-state index in [1.54, 1.807) is 18.2 Å². The van der Waals surface area contributed by atoms with Crippen molar-refractivity contribution in [3.05, 3.63) is 83.7 Å². The fourth-order valence-electron chi connectivity index (χ4n) is 4.34. The lowest BCUT2D eigenvalue weighted by molar-refractivity contribution is -0.146. The molecule has 1 N–H and O–H groups in total. The molecule has 7 heteroatoms. The zero-order valence-electron chi connectivity index (χ0n) is 20.5. The van der Waals surface area contributed by atoms with Crippen molar-refractivity contribution in [2.45, 2.75) is 39.0 Å². The Bertz CT molecular complexity index is 1420. The molecule has 182 valence electrons. The molecule has 5 rings (SSSR count). The molecule has 1 aliphatic carbocycles. The zero-order chi connectivity index (χ0) is 25.3. The first-order valence-electron chi connectivity index (χ1n) is 12.0. The third kappa shape index (κ3) is 4.40. The number of benzene rings is 2. The highest BCUT2D eigenvalue weighted by Gasteiger charge is 2.52. The summed E-state index contributed by atoms with van der Waals surface area (Å²) < 4.78 is 10.9. The number of nitrogens with zero attached hydrogens (tertiary/aromatic N) is 2. The topological polar surface area (TPSA) is 94.3 Å². The number of ketones is 1. The van der Waals surface area contributed by atoms with E-state index in [-0.39, 0.29) is 11.8 Å². The number of hydrogen-bond acceptors (Lipinski definition) is 7. The van der Waals surface area contributed by atoms with Gasteiger partial charge in [0.1, 0.15) is 22.9 Å². The van der Waals surface area contributed by atoms with Crippen LogP contribution in [0.3, 0.4) is 0 Å². The molecule has 36 heavy (non-hydrogen) atoms. The van der Waals surface area contributed by atoms with Gasteiger partial charge < -0.3 is 14.6 Å². The van der Waals surface area contributed by atoms with E-state index in [9.17, 15) is 9.59 Å². The molecule has 0 saturated heterocycles. The number of rotatable bonds is 8. The van der Waals surface area contributed by atoms with Crippen LogP contribution in [0.15, 0.2) is 71.3 Å². The van der Waals surface area contributed by atoms with E-state index < -0.39 is 5.41 Å². The highest BCUT2D eigenvalue weighted by atomic mass is 16.5. The van der Waals surface area contributed by atoms with Gasteiger partial charge in [0.15, 0.2) is 11.5 Å². The first-order valence-corrected chi connectivity index (χ1v) is 12.0. The van der Waals surface area contributed by atoms with Gasteiger partial charge in [0.25, 0.3) is 0 Å². The number of Topliss-reactive ketones (excluding diaryl/α,β-unsaturated/α-hetero) is 1. The molecule has 0 amide bonds. The fraction of sp³-hybridized carbons (Fsp3) is 0.241. The molecule has 0 aliphatic heterocycles. The van der Waals surface area contributed by atoms with Crippen molar-refractivity contribution in [1.29, 1.82) is 0 Å². The number of carbonyl (C=O) groups excluding carboxylic acids is 2. The number of aromatic nitrogens is 2. The summed E-state index contributed by atoms with van der Waals surface area (Å²) >= 11 is 0. The molecule has 2 heterocycles. The second-order valence-corrected chi connectivity index (χ2v) is 9.02. The van der Waals surface area contributed by atoms with Gasteiger partial charge >= 0.3 is 5.97 Å². The van der Waals surface area contributed by atoms with E-state index in [4.69, 9.17) is 9.26 Å². The predicted octanol–water partition coefficient (Wildman–Crippen LogP) is 6.25. The van der Waals surface area contributed by atoms with E-state index in [0.29, 0.717) is 35.3 Å². The Morgan fingerprint density at radius 3 is 2.22 bits per heavy atom. The van der Waals surface area contributed by atoms with Gasteiger partial charge in [0.2, 0.25) is 0 Å². The molecule has 1 saturated carbocycles. The van der Waals surface area contributed by atoms with Crippen molar-refractivity contribution in [1.82, 2.24) is 10.1 Å². The van der Waals surface area contributed by atoms with Gasteiger partial charge in [-0.15, -0.1) is 0 Å². The lowest BCUT2D eigenvalue weighted by Gasteiger charge is -2.14. The molecule has 0 radical (unpaired) electrons. The van der Waals surface area contributed by atoms with Crippen LogP contribution in [-0.2, 0) is 14.9 Å². The standard InChI is InChI=1S/C29H27N3O4/c1-4-35-28(34)29(16-17-29)23-14-12-21(13-15-23)20-8-10-22(11-9-20)27-26(18(2)32-36-27)31-25-7-5-6-24(30-25)19(3)33/h5-15H,4,16-17H2,1-3H3,(H,30,31). The Kier molecular flexibility index (Phi) is 6.14. The smallest absolute Gasteiger partial charge is 0.316 e. The van der Waals surface area contributed by atoms with E-state index in [1.165, 1.54) is 6.92 Å². The van der Waals surface area contributed by atoms with Crippen LogP contribution in [0.5, 0.6) is 0 Å². The van der Waals surface area contributed by atoms with Crippen molar-refractivity contribution in [3.63, 3.8) is 0 Å². The lowest BCUT2D eigenvalue weighted by Crippen LogP contribution is -2.23. The van der Waals surface area contributed by atoms with Crippen LogP contribution in [0, 0.1) is 6.92 Å². The summed E-state index contributed by atoms with van der Waals surface area (Å²) in [5.74, 6) is 0.910. The maximum absolute atomic E-state index is 12.4. The van der Waals surface area contributed by atoms with Gasteiger partial charge in [-0.05, 0) is 55.5 Å². The van der Waals surface area contributed by atoms with Gasteiger partial charge in [0.05, 0.1) is 12.0 Å². The SMILES string of the molecule is CCOC(=O)C1(c2ccc(-c3ccc(-c4onc(C)c4Nc4cccc(C(C)=O)n4)cc3)cc2)CC1. The molecule has 2 aromatic heterocycles. The number of nitrogens with one attached hydrogen (secondary N) is 1. The number of anilines is 2. The molecule has 7 nitrogen and oxygen atoms in total. The van der Waals surface area contributed by atoms with E-state index in [0.717, 1.165) is 35.1 Å². The fourth-order valence-corrected chi connectivity index (χ4v) is 4.34. The van der Waals surface area contributed by atoms with Gasteiger partial charge in [-0.1, -0.05) is 59.8 Å². The Hall–Kier alpha value is -4.26. The number of esters is 1. The molecule has 0 atom stereocenters. The second kappa shape index (κ2) is 9.41. The Morgan fingerprint density at radius 1 is 0.972 bits per heavy atom. The normalized spacial score (nSPS) is 13.8. The highest BCUT2D eigenvalue weighted by Crippen LogP contribution is 2.49. The van der Waals surface area contributed by atoms with Crippen LogP contribution in [-0.4, -0.2) is 28.5 Å². The van der Waals surface area contributed by atoms with Crippen LogP contribution in [0.4, 0.5) is 11.5 Å². The molecule has 0 spiro atoms. The van der Waals surface area contributed by atoms with Gasteiger partial charge in [-0.3, -0.25) is 9.59 Å². The van der Waals surface area contributed by atoms with Gasteiger partial charge in [-0.2, -0.15) is 0 Å². The summed E-state index contributed by atoms with van der Waals surface area (Å²) in [6.45, 7) is 5.57. The largest absolute Gasteiger partial charge is 0.465 e. The number of hydrogen-bond donors (Lipinski definition) is 1. The highest BCUT2D eigenvalue weighted by molar-refractivity contribution is 5.92. The molecule has 0 unspecified atom stereocenters. The summed E-state index contributed by atoms with van der Waals surface area (Å²) in [6.07, 6.45) is 1.67. The monoisotopic (exact) mass is 481 g/mol. The third-order valence-corrected chi connectivity index (χ3v) is 6.56. The summed E-state index contributed by atoms with van der Waals surface area (Å²) in [5, 5.41) is 7.37. The Morgan fingerprint density at radius 2 is 1.61 bits per heavy atom. The molecule has 1 fully saturated rings. The first-order chi connectivity index (χ1) is 17.4. The predicted molar refractivity (Wildman–Crippen MR) is 137 cm³/mol. The van der Waals surface area contributed by atoms with Crippen molar-refractivity contribution in [2.75, 3.05) is 11.9 Å². The van der Waals surface area contributed by atoms with E-state index in [2.05, 4.69) is 15.5 Å². The summed E-state index contributed by atoms with van der Waals surface area (Å²) in [5.41, 5.74) is 5.29. The quantitative estimate of drug-likeness (QED) is 0.235. The molecule has 1 aliphatic rings. The number of aryl methyl sites for hydroxylation is 1. The number of pyridine rings is 1. The maximum Gasteiger partial charge on any atom is 0.316 e. The summed E-state index contributed by atoms with van der Waals surface area (Å²) in [6, 6.07) is 21.4. The summed E-state index contributed by atoms with van der Waals surface area (Å²) in [4.78, 5) is 28.4. The van der Waals surface area contributed by atoms with E-state index in [1.807, 2.05) is 62.4 Å². The van der Waals surface area contributed by atoms with Crippen molar-refractivity contribution in [3.8, 4) is 22.5 Å². The van der Waals surface area contributed by atoms with Crippen LogP contribution in [0.2, 0.25) is 0 Å².